The number of amides is 1. The summed E-state index contributed by atoms with van der Waals surface area (Å²) in [4.78, 5) is 12.6. The third-order valence-electron chi connectivity index (χ3n) is 4.60. The zero-order valence-electron chi connectivity index (χ0n) is 15.3. The van der Waals surface area contributed by atoms with E-state index in [-0.39, 0.29) is 17.7 Å². The summed E-state index contributed by atoms with van der Waals surface area (Å²) in [5.41, 5.74) is 1.46. The molecule has 140 valence electrons. The van der Waals surface area contributed by atoms with Crippen LogP contribution in [0.15, 0.2) is 30.6 Å². The molecule has 1 aromatic heterocycles. The van der Waals surface area contributed by atoms with Gasteiger partial charge in [0.1, 0.15) is 6.04 Å². The first-order valence-electron chi connectivity index (χ1n) is 8.86. The summed E-state index contributed by atoms with van der Waals surface area (Å²) in [5, 5.41) is 9.99. The van der Waals surface area contributed by atoms with Crippen molar-refractivity contribution in [2.24, 2.45) is 13.0 Å². The lowest BCUT2D eigenvalue weighted by Gasteiger charge is -2.20. The van der Waals surface area contributed by atoms with Crippen molar-refractivity contribution in [3.05, 3.63) is 47.5 Å². The Balaban J connectivity index is 1.63. The minimum Gasteiger partial charge on any atom is -0.490 e. The minimum absolute atomic E-state index is 0.192. The van der Waals surface area contributed by atoms with Crippen molar-refractivity contribution in [1.82, 2.24) is 20.4 Å². The van der Waals surface area contributed by atoms with E-state index in [0.29, 0.717) is 18.1 Å². The van der Waals surface area contributed by atoms with Gasteiger partial charge >= 0.3 is 0 Å². The van der Waals surface area contributed by atoms with Gasteiger partial charge in [-0.1, -0.05) is 6.07 Å². The Labute approximate surface area is 152 Å². The summed E-state index contributed by atoms with van der Waals surface area (Å²) in [5.74, 6) is 0.241. The molecule has 1 aromatic carbocycles. The standard InChI is InChI=1S/C19H25FN4O2/c1-12(23-19(25)18(21-2)15-9-22-24(3)10-15)14-6-7-17(16(20)8-14)26-11-13-4-5-13/h6-10,12-13,18,21H,4-5,11H2,1-3H3,(H,23,25). The van der Waals surface area contributed by atoms with E-state index >= 15 is 0 Å². The molecule has 2 unspecified atom stereocenters. The van der Waals surface area contributed by atoms with Gasteiger partial charge < -0.3 is 15.4 Å². The Kier molecular flexibility index (Phi) is 5.56. The Morgan fingerprint density at radius 3 is 2.77 bits per heavy atom. The van der Waals surface area contributed by atoms with Crippen LogP contribution >= 0.6 is 0 Å². The van der Waals surface area contributed by atoms with E-state index in [1.807, 2.05) is 6.92 Å². The molecule has 2 N–H and O–H groups in total. The van der Waals surface area contributed by atoms with Gasteiger partial charge in [-0.25, -0.2) is 4.39 Å². The quantitative estimate of drug-likeness (QED) is 0.759. The van der Waals surface area contributed by atoms with Crippen LogP contribution in [0.4, 0.5) is 4.39 Å². The number of halogens is 1. The van der Waals surface area contributed by atoms with Crippen molar-refractivity contribution in [3.8, 4) is 5.75 Å². The van der Waals surface area contributed by atoms with Crippen LogP contribution in [0.2, 0.25) is 0 Å². The summed E-state index contributed by atoms with van der Waals surface area (Å²) in [6.45, 7) is 2.39. The van der Waals surface area contributed by atoms with E-state index in [1.165, 1.54) is 6.07 Å². The summed E-state index contributed by atoms with van der Waals surface area (Å²) in [7, 11) is 3.51. The van der Waals surface area contributed by atoms with Gasteiger partial charge in [-0.05, 0) is 50.4 Å². The number of ether oxygens (including phenoxy) is 1. The fourth-order valence-corrected chi connectivity index (χ4v) is 2.81. The van der Waals surface area contributed by atoms with Crippen LogP contribution in [0.3, 0.4) is 0 Å². The average Bonchev–Trinajstić information content (AvgIpc) is 3.34. The third kappa shape index (κ3) is 4.40. The lowest BCUT2D eigenvalue weighted by molar-refractivity contribution is -0.123. The molecule has 26 heavy (non-hydrogen) atoms. The zero-order chi connectivity index (χ0) is 18.7. The van der Waals surface area contributed by atoms with E-state index in [2.05, 4.69) is 15.7 Å². The van der Waals surface area contributed by atoms with Crippen LogP contribution in [-0.2, 0) is 11.8 Å². The SMILES string of the molecule is CNC(C(=O)NC(C)c1ccc(OCC2CC2)c(F)c1)c1cnn(C)c1. The summed E-state index contributed by atoms with van der Waals surface area (Å²) in [6, 6.07) is 3.99. The highest BCUT2D eigenvalue weighted by Crippen LogP contribution is 2.30. The molecule has 0 aliphatic heterocycles. The maximum Gasteiger partial charge on any atom is 0.242 e. The molecule has 0 bridgehead atoms. The van der Waals surface area contributed by atoms with Gasteiger partial charge in [-0.2, -0.15) is 5.10 Å². The molecule has 1 aliphatic rings. The Bertz CT molecular complexity index is 773. The van der Waals surface area contributed by atoms with Gasteiger partial charge in [0, 0.05) is 18.8 Å². The van der Waals surface area contributed by atoms with Crippen molar-refractivity contribution in [1.29, 1.82) is 0 Å². The number of hydrogen-bond acceptors (Lipinski definition) is 4. The highest BCUT2D eigenvalue weighted by Gasteiger charge is 2.24. The molecule has 0 saturated heterocycles. The smallest absolute Gasteiger partial charge is 0.242 e. The lowest BCUT2D eigenvalue weighted by Crippen LogP contribution is -2.37. The molecule has 2 atom stereocenters. The Morgan fingerprint density at radius 1 is 1.42 bits per heavy atom. The number of aromatic nitrogens is 2. The van der Waals surface area contributed by atoms with E-state index in [4.69, 9.17) is 4.74 Å². The van der Waals surface area contributed by atoms with Crippen LogP contribution in [0.1, 0.15) is 43.0 Å². The molecule has 0 spiro atoms. The summed E-state index contributed by atoms with van der Waals surface area (Å²) in [6.07, 6.45) is 5.76. The number of hydrogen-bond donors (Lipinski definition) is 2. The molecule has 6 nitrogen and oxygen atoms in total. The molecule has 1 amide bonds. The number of carbonyl (C=O) groups is 1. The van der Waals surface area contributed by atoms with Crippen LogP contribution in [0, 0.1) is 11.7 Å². The Hall–Kier alpha value is -2.41. The first-order chi connectivity index (χ1) is 12.5. The third-order valence-corrected chi connectivity index (χ3v) is 4.60. The zero-order valence-corrected chi connectivity index (χ0v) is 15.3. The Morgan fingerprint density at radius 2 is 2.19 bits per heavy atom. The lowest BCUT2D eigenvalue weighted by atomic mass is 10.1. The predicted octanol–water partition coefficient (Wildman–Crippen LogP) is 2.49. The molecule has 1 aliphatic carbocycles. The molecule has 1 fully saturated rings. The largest absolute Gasteiger partial charge is 0.490 e. The van der Waals surface area contributed by atoms with E-state index in [9.17, 15) is 9.18 Å². The first-order valence-corrected chi connectivity index (χ1v) is 8.86. The van der Waals surface area contributed by atoms with Crippen molar-refractivity contribution in [2.45, 2.75) is 31.8 Å². The molecule has 1 saturated carbocycles. The van der Waals surface area contributed by atoms with Crippen LogP contribution in [-0.4, -0.2) is 29.3 Å². The molecule has 3 rings (SSSR count). The monoisotopic (exact) mass is 360 g/mol. The first kappa shape index (κ1) is 18.4. The number of likely N-dealkylation sites (N-methyl/N-ethyl adjacent to an activating group) is 1. The molecular formula is C19H25FN4O2. The van der Waals surface area contributed by atoms with Gasteiger partial charge in [0.05, 0.1) is 18.8 Å². The number of nitrogens with zero attached hydrogens (tertiary/aromatic N) is 2. The van der Waals surface area contributed by atoms with Gasteiger partial charge in [0.15, 0.2) is 11.6 Å². The highest BCUT2D eigenvalue weighted by atomic mass is 19.1. The fraction of sp³-hybridized carbons (Fsp3) is 0.474. The second kappa shape index (κ2) is 7.86. The fourth-order valence-electron chi connectivity index (χ4n) is 2.81. The van der Waals surface area contributed by atoms with Gasteiger partial charge in [0.2, 0.25) is 5.91 Å². The second-order valence-electron chi connectivity index (χ2n) is 6.84. The maximum atomic E-state index is 14.3. The van der Waals surface area contributed by atoms with Gasteiger partial charge in [-0.3, -0.25) is 9.48 Å². The van der Waals surface area contributed by atoms with Crippen molar-refractivity contribution in [3.63, 3.8) is 0 Å². The molecule has 1 heterocycles. The van der Waals surface area contributed by atoms with E-state index in [1.54, 1.807) is 43.3 Å². The van der Waals surface area contributed by atoms with Gasteiger partial charge in [-0.15, -0.1) is 0 Å². The number of benzene rings is 1. The number of carbonyl (C=O) groups excluding carboxylic acids is 1. The van der Waals surface area contributed by atoms with E-state index < -0.39 is 11.9 Å². The second-order valence-corrected chi connectivity index (χ2v) is 6.84. The maximum absolute atomic E-state index is 14.3. The van der Waals surface area contributed by atoms with Crippen molar-refractivity contribution < 1.29 is 13.9 Å². The van der Waals surface area contributed by atoms with E-state index in [0.717, 1.165) is 18.4 Å². The highest BCUT2D eigenvalue weighted by molar-refractivity contribution is 5.83. The minimum atomic E-state index is -0.517. The van der Waals surface area contributed by atoms with Crippen LogP contribution in [0.25, 0.3) is 0 Å². The van der Waals surface area contributed by atoms with Gasteiger partial charge in [0.25, 0.3) is 0 Å². The van der Waals surface area contributed by atoms with Crippen LogP contribution < -0.4 is 15.4 Å². The molecule has 7 heteroatoms. The van der Waals surface area contributed by atoms with Crippen molar-refractivity contribution in [2.75, 3.05) is 13.7 Å². The number of aryl methyl sites for hydroxylation is 1. The predicted molar refractivity (Wildman–Crippen MR) is 96.2 cm³/mol. The molecular weight excluding hydrogens is 335 g/mol. The molecule has 2 aromatic rings. The molecule has 0 radical (unpaired) electrons. The van der Waals surface area contributed by atoms with Crippen molar-refractivity contribution >= 4 is 5.91 Å². The normalized spacial score (nSPS) is 16.2. The topological polar surface area (TPSA) is 68.2 Å². The average molecular weight is 360 g/mol. The van der Waals surface area contributed by atoms with Crippen LogP contribution in [0.5, 0.6) is 5.75 Å². The summed E-state index contributed by atoms with van der Waals surface area (Å²) < 4.78 is 21.4. The summed E-state index contributed by atoms with van der Waals surface area (Å²) >= 11 is 0. The number of nitrogens with one attached hydrogen (secondary N) is 2. The number of rotatable bonds is 8.